The predicted molar refractivity (Wildman–Crippen MR) is 66.1 cm³/mol. The minimum Gasteiger partial charge on any atom is -0.465 e. The maximum Gasteiger partial charge on any atom is 0.344 e. The van der Waals surface area contributed by atoms with Gasteiger partial charge in [-0.15, -0.1) is 0 Å². The molecule has 26 heavy (non-hydrogen) atoms. The van der Waals surface area contributed by atoms with Crippen LogP contribution in [0.3, 0.4) is 0 Å². The van der Waals surface area contributed by atoms with Gasteiger partial charge in [0.15, 0.2) is 16.7 Å². The fourth-order valence-corrected chi connectivity index (χ4v) is 2.20. The Morgan fingerprint density at radius 2 is 0.615 bits per heavy atom. The largest absolute Gasteiger partial charge is 0.465 e. The lowest BCUT2D eigenvalue weighted by molar-refractivity contribution is 0.0574. The van der Waals surface area contributed by atoms with E-state index in [4.69, 9.17) is 0 Å². The van der Waals surface area contributed by atoms with Gasteiger partial charge in [0.1, 0.15) is 0 Å². The van der Waals surface area contributed by atoms with Crippen LogP contribution in [0, 0.1) is 58.2 Å². The Morgan fingerprint density at radius 3 is 0.846 bits per heavy atom. The van der Waals surface area contributed by atoms with E-state index in [0.29, 0.717) is 0 Å². The monoisotopic (exact) mass is 408 g/mol. The van der Waals surface area contributed by atoms with Crippen molar-refractivity contribution in [2.75, 3.05) is 0 Å². The number of benzene rings is 2. The van der Waals surface area contributed by atoms with E-state index in [-0.39, 0.29) is 0 Å². The van der Waals surface area contributed by atoms with Crippen molar-refractivity contribution in [3.05, 3.63) is 58.2 Å². The summed E-state index contributed by atoms with van der Waals surface area (Å²) in [5.41, 5.74) is 0. The maximum atomic E-state index is 13.4. The van der Waals surface area contributed by atoms with Crippen LogP contribution in [0.1, 0.15) is 0 Å². The first-order valence-electron chi connectivity index (χ1n) is 6.35. The number of hydrogen-bond donors (Lipinski definition) is 0. The number of ether oxygens (including phenoxy) is 2. The lowest BCUT2D eigenvalue weighted by Gasteiger charge is -2.20. The first-order chi connectivity index (χ1) is 12.0. The van der Waals surface area contributed by atoms with Gasteiger partial charge in [-0.2, -0.15) is 17.6 Å². The van der Waals surface area contributed by atoms with Crippen LogP contribution in [0.15, 0.2) is 0 Å². The molecule has 2 aromatic rings. The molecule has 0 radical (unpaired) electrons. The van der Waals surface area contributed by atoms with Crippen molar-refractivity contribution in [3.63, 3.8) is 0 Å². The summed E-state index contributed by atoms with van der Waals surface area (Å²) in [7, 11) is 0. The average Bonchev–Trinajstić information content (AvgIpc) is 2.62. The van der Waals surface area contributed by atoms with Gasteiger partial charge in [-0.05, 0) is 0 Å². The van der Waals surface area contributed by atoms with Crippen LogP contribution >= 0.6 is 0 Å². The highest BCUT2D eigenvalue weighted by atomic mass is 27.0. The SMILES string of the molecule is Fc1c(F)c(F)c(O[CH]([AlH2])Oc2c(F)c(F)c(F)c(F)c2F)c(F)c1F. The highest BCUT2D eigenvalue weighted by molar-refractivity contribution is 6.10. The molecule has 0 aromatic heterocycles. The molecule has 0 bridgehead atoms. The number of halogens is 10. The van der Waals surface area contributed by atoms with Gasteiger partial charge in [-0.3, -0.25) is 0 Å². The van der Waals surface area contributed by atoms with Gasteiger partial charge in [-0.25, -0.2) is 26.3 Å². The summed E-state index contributed by atoms with van der Waals surface area (Å²) in [6, 6.07) is 0. The third kappa shape index (κ3) is 3.28. The summed E-state index contributed by atoms with van der Waals surface area (Å²) in [6.07, 6.45) is 0. The van der Waals surface area contributed by atoms with Gasteiger partial charge >= 0.3 is 16.3 Å². The second kappa shape index (κ2) is 7.24. The Morgan fingerprint density at radius 1 is 0.423 bits per heavy atom. The second-order valence-corrected chi connectivity index (χ2v) is 5.54. The zero-order chi connectivity index (χ0) is 19.9. The topological polar surface area (TPSA) is 18.5 Å². The van der Waals surface area contributed by atoms with Crippen LogP contribution in [-0.2, 0) is 0 Å². The molecule has 0 aliphatic heterocycles. The number of hydrogen-bond acceptors (Lipinski definition) is 2. The summed E-state index contributed by atoms with van der Waals surface area (Å²) in [4.78, 5) is 0. The smallest absolute Gasteiger partial charge is 0.344 e. The highest BCUT2D eigenvalue weighted by Crippen LogP contribution is 2.32. The van der Waals surface area contributed by atoms with E-state index in [9.17, 15) is 43.9 Å². The molecule has 0 atom stereocenters. The maximum absolute atomic E-state index is 13.4. The van der Waals surface area contributed by atoms with Crippen LogP contribution in [-0.4, -0.2) is 21.4 Å². The van der Waals surface area contributed by atoms with Crippen molar-refractivity contribution in [3.8, 4) is 11.5 Å². The van der Waals surface area contributed by atoms with Crippen molar-refractivity contribution >= 4 is 16.3 Å². The third-order valence-corrected chi connectivity index (χ3v) is 3.38. The molecular weight excluding hydrogens is 405 g/mol. The van der Waals surface area contributed by atoms with Crippen LogP contribution in [0.25, 0.3) is 0 Å². The van der Waals surface area contributed by atoms with Crippen LogP contribution < -0.4 is 9.47 Å². The van der Waals surface area contributed by atoms with E-state index in [2.05, 4.69) is 9.47 Å². The van der Waals surface area contributed by atoms with E-state index in [1.54, 1.807) is 0 Å². The van der Waals surface area contributed by atoms with Crippen LogP contribution in [0.2, 0.25) is 0 Å². The van der Waals surface area contributed by atoms with Crippen LogP contribution in [0.5, 0.6) is 11.5 Å². The van der Waals surface area contributed by atoms with Gasteiger partial charge in [-0.1, -0.05) is 0 Å². The second-order valence-electron chi connectivity index (χ2n) is 4.60. The van der Waals surface area contributed by atoms with Crippen LogP contribution in [0.4, 0.5) is 43.9 Å². The number of rotatable bonds is 4. The predicted octanol–water partition coefficient (Wildman–Crippen LogP) is 3.45. The molecule has 0 N–H and O–H groups in total. The summed E-state index contributed by atoms with van der Waals surface area (Å²) >= 11 is -0.550. The zero-order valence-electron chi connectivity index (χ0n) is 12.2. The first-order valence-corrected chi connectivity index (χ1v) is 7.50. The fourth-order valence-electron chi connectivity index (χ4n) is 1.73. The third-order valence-electron chi connectivity index (χ3n) is 2.91. The molecule has 0 fully saturated rings. The van der Waals surface area contributed by atoms with E-state index in [0.717, 1.165) is 0 Å². The minimum absolute atomic E-state index is 0.550. The van der Waals surface area contributed by atoms with Gasteiger partial charge in [0.2, 0.25) is 58.2 Å². The molecule has 0 saturated carbocycles. The van der Waals surface area contributed by atoms with Crippen molar-refractivity contribution in [2.24, 2.45) is 0 Å². The zero-order valence-corrected chi connectivity index (χ0v) is 14.2. The summed E-state index contributed by atoms with van der Waals surface area (Å²) in [5.74, 6) is -27.8. The minimum atomic E-state index is -2.49. The molecule has 0 unspecified atom stereocenters. The molecule has 0 heterocycles. The molecule has 2 aromatic carbocycles. The molecule has 0 saturated heterocycles. The van der Waals surface area contributed by atoms with Gasteiger partial charge in [0.25, 0.3) is 0 Å². The van der Waals surface area contributed by atoms with E-state index in [1.807, 2.05) is 0 Å². The van der Waals surface area contributed by atoms with Crippen molar-refractivity contribution < 1.29 is 53.4 Å². The molecule has 140 valence electrons. The Labute approximate surface area is 145 Å². The van der Waals surface area contributed by atoms with Crippen molar-refractivity contribution in [2.45, 2.75) is 5.15 Å². The normalized spacial score (nSPS) is 11.2. The molecule has 2 rings (SSSR count). The molecule has 13 heteroatoms. The van der Waals surface area contributed by atoms with Gasteiger partial charge < -0.3 is 9.47 Å². The molecule has 0 aliphatic rings. The van der Waals surface area contributed by atoms with E-state index in [1.165, 1.54) is 0 Å². The molecule has 0 amide bonds. The average molecular weight is 408 g/mol. The highest BCUT2D eigenvalue weighted by Gasteiger charge is 2.31. The lowest BCUT2D eigenvalue weighted by Crippen LogP contribution is -2.27. The summed E-state index contributed by atoms with van der Waals surface area (Å²) in [5, 5.41) is -2.09. The summed E-state index contributed by atoms with van der Waals surface area (Å²) in [6.45, 7) is 0. The standard InChI is InChI=1S/C13HF10O2.Al.2H/c14-2-4(16)8(20)12(9(21)5(2)17)24-1-25-13-10(22)6(18)3(15)7(19)11(13)23;;;/h1H;;;. The Hall–Kier alpha value is -2.13. The molecule has 2 nitrogen and oxygen atoms in total. The van der Waals surface area contributed by atoms with Gasteiger partial charge in [0.05, 0.1) is 0 Å². The first kappa shape index (κ1) is 20.2. The Kier molecular flexibility index (Phi) is 5.62. The van der Waals surface area contributed by atoms with E-state index >= 15 is 0 Å². The summed E-state index contributed by atoms with van der Waals surface area (Å²) < 4.78 is 140. The fraction of sp³-hybridized carbons (Fsp3) is 0.0769. The lowest BCUT2D eigenvalue weighted by atomic mass is 10.2. The van der Waals surface area contributed by atoms with E-state index < -0.39 is 91.1 Å². The van der Waals surface area contributed by atoms with Gasteiger partial charge in [0, 0.05) is 0 Å². The quantitative estimate of drug-likeness (QED) is 0.254. The Bertz CT molecular complexity index is 759. The Balaban J connectivity index is 2.39. The molecule has 0 aliphatic carbocycles. The van der Waals surface area contributed by atoms with Crippen molar-refractivity contribution in [1.82, 2.24) is 0 Å². The molecular formula is C13H3AlF10O2. The van der Waals surface area contributed by atoms with Crippen molar-refractivity contribution in [1.29, 1.82) is 0 Å². The molecule has 0 spiro atoms.